The monoisotopic (exact) mass is 319 g/mol. The fourth-order valence-electron chi connectivity index (χ4n) is 1.58. The molecule has 1 aromatic rings. The fraction of sp³-hybridized carbons (Fsp3) is 0.556. The van der Waals surface area contributed by atoms with Crippen LogP contribution in [0.3, 0.4) is 0 Å². The molecule has 2 rings (SSSR count). The predicted octanol–water partition coefficient (Wildman–Crippen LogP) is 2.60. The third-order valence-corrected chi connectivity index (χ3v) is 3.41. The number of rotatable bonds is 1. The second-order valence-electron chi connectivity index (χ2n) is 3.39. The first-order chi connectivity index (χ1) is 6.75. The summed E-state index contributed by atoms with van der Waals surface area (Å²) in [5, 5.41) is 0. The minimum atomic E-state index is 0.573. The van der Waals surface area contributed by atoms with Crippen LogP contribution in [0.4, 0.5) is 5.95 Å². The number of aromatic nitrogens is 2. The Hall–Kier alpha value is -0.160. The van der Waals surface area contributed by atoms with E-state index in [9.17, 15) is 0 Å². The molecular weight excluding hydrogens is 310 g/mol. The predicted molar refractivity (Wildman–Crippen MR) is 63.9 cm³/mol. The zero-order valence-corrected chi connectivity index (χ0v) is 10.8. The standard InChI is InChI=1S/C9H11Br2N3/c10-7-2-1-3-14(6-7)9-12-4-8(11)5-13-9/h4-5,7H,1-3,6H2. The number of alkyl halides is 1. The molecular formula is C9H11Br2N3. The molecule has 1 atom stereocenters. The van der Waals surface area contributed by atoms with Crippen molar-refractivity contribution in [1.82, 2.24) is 9.97 Å². The van der Waals surface area contributed by atoms with Crippen LogP contribution in [0.2, 0.25) is 0 Å². The van der Waals surface area contributed by atoms with E-state index in [-0.39, 0.29) is 0 Å². The minimum absolute atomic E-state index is 0.573. The summed E-state index contributed by atoms with van der Waals surface area (Å²) in [6.45, 7) is 2.06. The lowest BCUT2D eigenvalue weighted by Gasteiger charge is -2.29. The topological polar surface area (TPSA) is 29.0 Å². The van der Waals surface area contributed by atoms with Gasteiger partial charge in [0, 0.05) is 30.3 Å². The molecule has 0 radical (unpaired) electrons. The van der Waals surface area contributed by atoms with Crippen LogP contribution in [-0.2, 0) is 0 Å². The van der Waals surface area contributed by atoms with Gasteiger partial charge >= 0.3 is 0 Å². The van der Waals surface area contributed by atoms with Crippen molar-refractivity contribution in [3.8, 4) is 0 Å². The van der Waals surface area contributed by atoms with E-state index in [4.69, 9.17) is 0 Å². The van der Waals surface area contributed by atoms with Crippen LogP contribution < -0.4 is 4.90 Å². The Labute approximate surface area is 100 Å². The minimum Gasteiger partial charge on any atom is -0.340 e. The summed E-state index contributed by atoms with van der Waals surface area (Å²) < 4.78 is 0.925. The van der Waals surface area contributed by atoms with Gasteiger partial charge in [0.25, 0.3) is 0 Å². The second kappa shape index (κ2) is 4.57. The number of nitrogens with zero attached hydrogens (tertiary/aromatic N) is 3. The summed E-state index contributed by atoms with van der Waals surface area (Å²) in [6.07, 6.45) is 6.03. The molecule has 0 N–H and O–H groups in total. The van der Waals surface area contributed by atoms with E-state index < -0.39 is 0 Å². The van der Waals surface area contributed by atoms with E-state index in [0.29, 0.717) is 4.83 Å². The summed E-state index contributed by atoms with van der Waals surface area (Å²) in [6, 6.07) is 0. The molecule has 1 aliphatic heterocycles. The van der Waals surface area contributed by atoms with Gasteiger partial charge in [-0.2, -0.15) is 0 Å². The van der Waals surface area contributed by atoms with Gasteiger partial charge in [-0.1, -0.05) is 15.9 Å². The third kappa shape index (κ3) is 2.45. The van der Waals surface area contributed by atoms with Gasteiger partial charge in [0.2, 0.25) is 5.95 Å². The first-order valence-electron chi connectivity index (χ1n) is 4.62. The highest BCUT2D eigenvalue weighted by Gasteiger charge is 2.19. The Kier molecular flexibility index (Phi) is 3.38. The van der Waals surface area contributed by atoms with Gasteiger partial charge in [-0.15, -0.1) is 0 Å². The molecule has 1 aliphatic rings. The zero-order chi connectivity index (χ0) is 9.97. The Morgan fingerprint density at radius 1 is 1.36 bits per heavy atom. The number of piperidine rings is 1. The molecule has 0 spiro atoms. The SMILES string of the molecule is Brc1cnc(N2CCCC(Br)C2)nc1. The average molecular weight is 321 g/mol. The van der Waals surface area contributed by atoms with Gasteiger partial charge in [-0.25, -0.2) is 9.97 Å². The second-order valence-corrected chi connectivity index (χ2v) is 5.60. The Bertz CT molecular complexity index is 301. The lowest BCUT2D eigenvalue weighted by molar-refractivity contribution is 0.585. The lowest BCUT2D eigenvalue weighted by Crippen LogP contribution is -2.36. The third-order valence-electron chi connectivity index (χ3n) is 2.25. The highest BCUT2D eigenvalue weighted by atomic mass is 79.9. The van der Waals surface area contributed by atoms with Crippen LogP contribution >= 0.6 is 31.9 Å². The smallest absolute Gasteiger partial charge is 0.225 e. The molecule has 0 bridgehead atoms. The maximum atomic E-state index is 4.28. The molecule has 0 aromatic carbocycles. The van der Waals surface area contributed by atoms with Gasteiger partial charge in [0.15, 0.2) is 0 Å². The normalized spacial score (nSPS) is 22.4. The fourth-order valence-corrected chi connectivity index (χ4v) is 2.45. The highest BCUT2D eigenvalue weighted by Crippen LogP contribution is 2.20. The molecule has 1 aromatic heterocycles. The molecule has 14 heavy (non-hydrogen) atoms. The number of hydrogen-bond donors (Lipinski definition) is 0. The molecule has 76 valence electrons. The van der Waals surface area contributed by atoms with Crippen molar-refractivity contribution in [2.45, 2.75) is 17.7 Å². The largest absolute Gasteiger partial charge is 0.340 e. The van der Waals surface area contributed by atoms with Gasteiger partial charge in [0.05, 0.1) is 4.47 Å². The summed E-state index contributed by atoms with van der Waals surface area (Å²) in [5.41, 5.74) is 0. The summed E-state index contributed by atoms with van der Waals surface area (Å²) in [7, 11) is 0. The van der Waals surface area contributed by atoms with Crippen molar-refractivity contribution in [2.75, 3.05) is 18.0 Å². The zero-order valence-electron chi connectivity index (χ0n) is 7.66. The number of anilines is 1. The molecule has 3 nitrogen and oxygen atoms in total. The Morgan fingerprint density at radius 2 is 2.07 bits per heavy atom. The average Bonchev–Trinajstić information content (AvgIpc) is 2.19. The number of hydrogen-bond acceptors (Lipinski definition) is 3. The van der Waals surface area contributed by atoms with E-state index >= 15 is 0 Å². The van der Waals surface area contributed by atoms with Crippen molar-refractivity contribution in [3.05, 3.63) is 16.9 Å². The Morgan fingerprint density at radius 3 is 2.71 bits per heavy atom. The molecule has 1 unspecified atom stereocenters. The number of halogens is 2. The maximum Gasteiger partial charge on any atom is 0.225 e. The van der Waals surface area contributed by atoms with E-state index in [1.165, 1.54) is 12.8 Å². The molecule has 0 amide bonds. The molecule has 1 saturated heterocycles. The van der Waals surface area contributed by atoms with Crippen LogP contribution in [0.25, 0.3) is 0 Å². The first kappa shape index (κ1) is 10.4. The van der Waals surface area contributed by atoms with E-state index in [1.807, 2.05) is 0 Å². The van der Waals surface area contributed by atoms with Crippen molar-refractivity contribution in [1.29, 1.82) is 0 Å². The summed E-state index contributed by atoms with van der Waals surface area (Å²) in [4.78, 5) is 11.4. The van der Waals surface area contributed by atoms with Gasteiger partial charge in [0.1, 0.15) is 0 Å². The summed E-state index contributed by atoms with van der Waals surface area (Å²) >= 11 is 6.96. The van der Waals surface area contributed by atoms with Crippen LogP contribution in [0.1, 0.15) is 12.8 Å². The van der Waals surface area contributed by atoms with Crippen LogP contribution in [0.15, 0.2) is 16.9 Å². The van der Waals surface area contributed by atoms with Gasteiger partial charge in [-0.3, -0.25) is 0 Å². The van der Waals surface area contributed by atoms with Crippen LogP contribution in [-0.4, -0.2) is 27.9 Å². The summed E-state index contributed by atoms with van der Waals surface area (Å²) in [5.74, 6) is 0.831. The quantitative estimate of drug-likeness (QED) is 0.745. The van der Waals surface area contributed by atoms with Crippen molar-refractivity contribution in [2.24, 2.45) is 0 Å². The van der Waals surface area contributed by atoms with Crippen LogP contribution in [0, 0.1) is 0 Å². The van der Waals surface area contributed by atoms with Crippen molar-refractivity contribution < 1.29 is 0 Å². The molecule has 0 saturated carbocycles. The highest BCUT2D eigenvalue weighted by molar-refractivity contribution is 9.10. The van der Waals surface area contributed by atoms with Crippen LogP contribution in [0.5, 0.6) is 0 Å². The molecule has 2 heterocycles. The van der Waals surface area contributed by atoms with E-state index in [0.717, 1.165) is 23.5 Å². The maximum absolute atomic E-state index is 4.28. The first-order valence-corrected chi connectivity index (χ1v) is 6.33. The van der Waals surface area contributed by atoms with Gasteiger partial charge < -0.3 is 4.90 Å². The van der Waals surface area contributed by atoms with Crippen molar-refractivity contribution >= 4 is 37.8 Å². The van der Waals surface area contributed by atoms with E-state index in [1.54, 1.807) is 12.4 Å². The Balaban J connectivity index is 2.10. The lowest BCUT2D eigenvalue weighted by atomic mass is 10.1. The van der Waals surface area contributed by atoms with Crippen molar-refractivity contribution in [3.63, 3.8) is 0 Å². The molecule has 1 fully saturated rings. The van der Waals surface area contributed by atoms with Gasteiger partial charge in [-0.05, 0) is 28.8 Å². The van der Waals surface area contributed by atoms with E-state index in [2.05, 4.69) is 46.7 Å². The molecule has 5 heteroatoms. The molecule has 0 aliphatic carbocycles.